The van der Waals surface area contributed by atoms with Crippen LogP contribution in [0.4, 0.5) is 4.79 Å². The first-order valence-corrected chi connectivity index (χ1v) is 11.8. The molecule has 2 amide bonds. The lowest BCUT2D eigenvalue weighted by Gasteiger charge is -2.38. The van der Waals surface area contributed by atoms with Crippen molar-refractivity contribution in [1.82, 2.24) is 10.2 Å². The summed E-state index contributed by atoms with van der Waals surface area (Å²) >= 11 is 0. The average Bonchev–Trinajstić information content (AvgIpc) is 3.44. The summed E-state index contributed by atoms with van der Waals surface area (Å²) in [5, 5.41) is 7.46. The van der Waals surface area contributed by atoms with Crippen molar-refractivity contribution in [2.24, 2.45) is 5.16 Å². The van der Waals surface area contributed by atoms with Gasteiger partial charge in [-0.2, -0.15) is 0 Å². The zero-order valence-corrected chi connectivity index (χ0v) is 18.8. The van der Waals surface area contributed by atoms with E-state index in [-0.39, 0.29) is 12.1 Å². The van der Waals surface area contributed by atoms with Crippen molar-refractivity contribution in [2.45, 2.75) is 76.4 Å². The molecule has 2 aliphatic heterocycles. The number of hydrogen-bond donors (Lipinski definition) is 1. The van der Waals surface area contributed by atoms with Crippen LogP contribution >= 0.6 is 0 Å². The van der Waals surface area contributed by atoms with E-state index < -0.39 is 5.60 Å². The quantitative estimate of drug-likeness (QED) is 0.649. The highest BCUT2D eigenvalue weighted by Gasteiger charge is 2.44. The van der Waals surface area contributed by atoms with Gasteiger partial charge in [0.05, 0.1) is 25.5 Å². The van der Waals surface area contributed by atoms with Gasteiger partial charge in [-0.15, -0.1) is 0 Å². The summed E-state index contributed by atoms with van der Waals surface area (Å²) in [5.74, 6) is 1.52. The number of methoxy groups -OCH3 is 1. The Hall–Kier alpha value is -2.44. The van der Waals surface area contributed by atoms with Crippen LogP contribution in [0.1, 0.15) is 70.3 Å². The molecule has 1 saturated carbocycles. The van der Waals surface area contributed by atoms with E-state index in [9.17, 15) is 4.79 Å². The van der Waals surface area contributed by atoms with Crippen LogP contribution in [-0.2, 0) is 4.84 Å². The maximum Gasteiger partial charge on any atom is 0.317 e. The largest absolute Gasteiger partial charge is 0.493 e. The summed E-state index contributed by atoms with van der Waals surface area (Å²) in [6.45, 7) is 4.17. The van der Waals surface area contributed by atoms with Crippen LogP contribution in [0.15, 0.2) is 23.4 Å². The third-order valence-electron chi connectivity index (χ3n) is 6.56. The van der Waals surface area contributed by atoms with Crippen LogP contribution in [0.3, 0.4) is 0 Å². The van der Waals surface area contributed by atoms with Crippen LogP contribution in [0.2, 0.25) is 0 Å². The SMILES string of the molecule is CCCCNC(=O)N1CCCC2(CC(c3ccc(OC)c(OC4CCCC4)c3)=NO2)C1. The molecule has 0 aromatic heterocycles. The lowest BCUT2D eigenvalue weighted by molar-refractivity contribution is -0.0591. The first-order chi connectivity index (χ1) is 15.1. The maximum absolute atomic E-state index is 12.5. The van der Waals surface area contributed by atoms with Crippen molar-refractivity contribution in [3.8, 4) is 11.5 Å². The number of urea groups is 1. The van der Waals surface area contributed by atoms with E-state index in [1.807, 2.05) is 23.1 Å². The van der Waals surface area contributed by atoms with E-state index in [1.165, 1.54) is 12.8 Å². The second kappa shape index (κ2) is 9.79. The van der Waals surface area contributed by atoms with E-state index in [0.29, 0.717) is 13.0 Å². The lowest BCUT2D eigenvalue weighted by Crippen LogP contribution is -2.53. The average molecular weight is 430 g/mol. The van der Waals surface area contributed by atoms with Gasteiger partial charge in [0, 0.05) is 25.1 Å². The Morgan fingerprint density at radius 3 is 2.90 bits per heavy atom. The van der Waals surface area contributed by atoms with Gasteiger partial charge in [-0.05, 0) is 63.1 Å². The van der Waals surface area contributed by atoms with Gasteiger partial charge in [-0.25, -0.2) is 4.79 Å². The smallest absolute Gasteiger partial charge is 0.317 e. The van der Waals surface area contributed by atoms with E-state index in [0.717, 1.165) is 74.4 Å². The molecule has 1 unspecified atom stereocenters. The van der Waals surface area contributed by atoms with Crippen molar-refractivity contribution in [1.29, 1.82) is 0 Å². The maximum atomic E-state index is 12.5. The third-order valence-corrected chi connectivity index (χ3v) is 6.56. The Bertz CT molecular complexity index is 806. The number of ether oxygens (including phenoxy) is 2. The number of amides is 2. The summed E-state index contributed by atoms with van der Waals surface area (Å²) in [7, 11) is 1.67. The third kappa shape index (κ3) is 5.08. The molecule has 0 radical (unpaired) electrons. The van der Waals surface area contributed by atoms with Crippen LogP contribution < -0.4 is 14.8 Å². The molecule has 1 N–H and O–H groups in total. The van der Waals surface area contributed by atoms with Gasteiger partial charge in [-0.1, -0.05) is 18.5 Å². The molecular formula is C24H35N3O4. The Morgan fingerprint density at radius 2 is 2.13 bits per heavy atom. The Kier molecular flexibility index (Phi) is 6.88. The van der Waals surface area contributed by atoms with Gasteiger partial charge < -0.3 is 24.5 Å². The Balaban J connectivity index is 1.42. The molecule has 1 aliphatic carbocycles. The fourth-order valence-corrected chi connectivity index (χ4v) is 4.78. The zero-order chi connectivity index (χ0) is 21.7. The number of oxime groups is 1. The van der Waals surface area contributed by atoms with E-state index in [1.54, 1.807) is 7.11 Å². The molecule has 7 nitrogen and oxygen atoms in total. The molecule has 4 rings (SSSR count). The predicted molar refractivity (Wildman–Crippen MR) is 120 cm³/mol. The lowest BCUT2D eigenvalue weighted by atomic mass is 9.86. The van der Waals surface area contributed by atoms with Crippen LogP contribution in [0, 0.1) is 0 Å². The number of nitrogens with one attached hydrogen (secondary N) is 1. The molecule has 31 heavy (non-hydrogen) atoms. The number of unbranched alkanes of at least 4 members (excludes halogenated alkanes) is 1. The van der Waals surface area contributed by atoms with Crippen molar-refractivity contribution in [2.75, 3.05) is 26.7 Å². The number of benzene rings is 1. The highest BCUT2D eigenvalue weighted by atomic mass is 16.7. The molecule has 1 saturated heterocycles. The zero-order valence-electron chi connectivity index (χ0n) is 18.8. The Morgan fingerprint density at radius 1 is 1.29 bits per heavy atom. The molecule has 1 aromatic carbocycles. The van der Waals surface area contributed by atoms with Crippen molar-refractivity contribution in [3.63, 3.8) is 0 Å². The first-order valence-electron chi connectivity index (χ1n) is 11.8. The van der Waals surface area contributed by atoms with Gasteiger partial charge in [0.1, 0.15) is 0 Å². The predicted octanol–water partition coefficient (Wildman–Crippen LogP) is 4.49. The molecule has 7 heteroatoms. The summed E-state index contributed by atoms with van der Waals surface area (Å²) in [4.78, 5) is 20.4. The number of hydrogen-bond acceptors (Lipinski definition) is 5. The van der Waals surface area contributed by atoms with Crippen LogP contribution in [0.25, 0.3) is 0 Å². The minimum absolute atomic E-state index is 0.00118. The summed E-state index contributed by atoms with van der Waals surface area (Å²) < 4.78 is 11.8. The first kappa shape index (κ1) is 21.8. The fourth-order valence-electron chi connectivity index (χ4n) is 4.78. The van der Waals surface area contributed by atoms with Crippen LogP contribution in [0.5, 0.6) is 11.5 Å². The monoisotopic (exact) mass is 429 g/mol. The van der Waals surface area contributed by atoms with Gasteiger partial charge in [0.15, 0.2) is 17.1 Å². The second-order valence-electron chi connectivity index (χ2n) is 8.99. The van der Waals surface area contributed by atoms with Crippen molar-refractivity contribution in [3.05, 3.63) is 23.8 Å². The molecule has 170 valence electrons. The normalized spacial score (nSPS) is 23.5. The van der Waals surface area contributed by atoms with E-state index in [4.69, 9.17) is 14.3 Å². The topological polar surface area (TPSA) is 72.4 Å². The number of piperidine rings is 1. The minimum atomic E-state index is -0.428. The highest BCUT2D eigenvalue weighted by Crippen LogP contribution is 2.38. The molecule has 1 spiro atoms. The highest BCUT2D eigenvalue weighted by molar-refractivity contribution is 6.02. The van der Waals surface area contributed by atoms with Crippen molar-refractivity contribution >= 4 is 11.7 Å². The van der Waals surface area contributed by atoms with Gasteiger partial charge in [-0.3, -0.25) is 0 Å². The minimum Gasteiger partial charge on any atom is -0.493 e. The fraction of sp³-hybridized carbons (Fsp3) is 0.667. The molecule has 3 aliphatic rings. The number of likely N-dealkylation sites (tertiary alicyclic amines) is 1. The summed E-state index contributed by atoms with van der Waals surface area (Å²) in [5.41, 5.74) is 1.48. The number of carbonyl (C=O) groups excluding carboxylic acids is 1. The van der Waals surface area contributed by atoms with E-state index in [2.05, 4.69) is 17.4 Å². The van der Waals surface area contributed by atoms with Crippen LogP contribution in [-0.4, -0.2) is 55.1 Å². The number of nitrogens with zero attached hydrogens (tertiary/aromatic N) is 2. The molecule has 2 fully saturated rings. The molecule has 0 bridgehead atoms. The summed E-state index contributed by atoms with van der Waals surface area (Å²) in [6.07, 6.45) is 9.47. The van der Waals surface area contributed by atoms with Gasteiger partial charge in [0.2, 0.25) is 0 Å². The number of rotatable bonds is 7. The molecule has 1 aromatic rings. The van der Waals surface area contributed by atoms with E-state index >= 15 is 0 Å². The van der Waals surface area contributed by atoms with Gasteiger partial charge >= 0.3 is 6.03 Å². The molecular weight excluding hydrogens is 394 g/mol. The Labute approximate surface area is 185 Å². The second-order valence-corrected chi connectivity index (χ2v) is 8.99. The molecule has 1 atom stereocenters. The summed E-state index contributed by atoms with van der Waals surface area (Å²) in [6, 6.07) is 5.98. The number of carbonyl (C=O) groups is 1. The van der Waals surface area contributed by atoms with Crippen molar-refractivity contribution < 1.29 is 19.1 Å². The standard InChI is InChI=1S/C24H35N3O4/c1-3-4-13-25-23(28)27-14-7-12-24(17-27)16-20(26-31-24)18-10-11-21(29-2)22(15-18)30-19-8-5-6-9-19/h10-11,15,19H,3-9,12-14,16-17H2,1-2H3,(H,25,28). The van der Waals surface area contributed by atoms with Gasteiger partial charge in [0.25, 0.3) is 0 Å². The molecule has 2 heterocycles.